The molecule has 4 fully saturated rings. The van der Waals surface area contributed by atoms with Gasteiger partial charge in [-0.05, 0) is 122 Å². The minimum Gasteiger partial charge on any atom is -0.870 e. The van der Waals surface area contributed by atoms with E-state index in [0.29, 0.717) is 45.4 Å². The number of aliphatic carboxylic acids is 1. The number of aromatic nitrogens is 8. The summed E-state index contributed by atoms with van der Waals surface area (Å²) in [4.78, 5) is 85.9. The van der Waals surface area contributed by atoms with Gasteiger partial charge in [-0.3, -0.25) is 49.0 Å². The molecular formula is C86H101ClF4N18Na2O8. The van der Waals surface area contributed by atoms with Crippen LogP contribution in [-0.4, -0.2) is 239 Å². The first-order valence-electron chi connectivity index (χ1n) is 39.2. The molecule has 1 amide bonds. The van der Waals surface area contributed by atoms with Gasteiger partial charge in [-0.2, -0.15) is 0 Å². The molecule has 6 aromatic heterocycles. The Balaban J connectivity index is 0.000000186. The molecule has 10 aromatic rings. The quantitative estimate of drug-likeness (QED) is 0.0481. The molecule has 4 saturated heterocycles. The van der Waals surface area contributed by atoms with Gasteiger partial charge in [-0.1, -0.05) is 48.5 Å². The number of carbonyl (C=O) groups excluding carboxylic acids is 4. The Hall–Kier alpha value is -9.25. The molecule has 0 bridgehead atoms. The molecule has 2 unspecified atom stereocenters. The largest absolute Gasteiger partial charge is 1.00 e. The predicted molar refractivity (Wildman–Crippen MR) is 441 cm³/mol. The van der Waals surface area contributed by atoms with Crippen molar-refractivity contribution in [1.82, 2.24) is 64.4 Å². The average molecular weight is 1670 g/mol. The summed E-state index contributed by atoms with van der Waals surface area (Å²) in [7, 11) is 0. The molecular weight excluding hydrogens is 1570 g/mol. The number of aryl methyl sites for hydroxylation is 2. The van der Waals surface area contributed by atoms with Crippen molar-refractivity contribution in [1.29, 1.82) is 0 Å². The van der Waals surface area contributed by atoms with Gasteiger partial charge in [0.25, 0.3) is 0 Å². The van der Waals surface area contributed by atoms with Crippen LogP contribution >= 0.6 is 11.6 Å². The average Bonchev–Trinajstić information content (AvgIpc) is 1.54. The van der Waals surface area contributed by atoms with Crippen LogP contribution in [0.1, 0.15) is 38.3 Å². The summed E-state index contributed by atoms with van der Waals surface area (Å²) in [6.07, 6.45) is 26.0. The van der Waals surface area contributed by atoms with Gasteiger partial charge in [0.15, 0.2) is 0 Å². The fourth-order valence-corrected chi connectivity index (χ4v) is 14.2. The zero-order valence-electron chi connectivity index (χ0n) is 67.9. The van der Waals surface area contributed by atoms with E-state index in [4.69, 9.17) is 22.1 Å². The monoisotopic (exact) mass is 1670 g/mol. The number of halogens is 5. The Morgan fingerprint density at radius 3 is 1.14 bits per heavy atom. The van der Waals surface area contributed by atoms with Gasteiger partial charge in [0.2, 0.25) is 5.91 Å². The topological polar surface area (TPSA) is 300 Å². The number of esters is 2. The van der Waals surface area contributed by atoms with Crippen molar-refractivity contribution < 1.29 is 116 Å². The molecule has 12 heterocycles. The van der Waals surface area contributed by atoms with E-state index < -0.39 is 5.97 Å². The summed E-state index contributed by atoms with van der Waals surface area (Å²) < 4.78 is 66.0. The zero-order chi connectivity index (χ0) is 81.6. The van der Waals surface area contributed by atoms with Gasteiger partial charge < -0.3 is 70.0 Å². The van der Waals surface area contributed by atoms with Crippen LogP contribution in [0.2, 0.25) is 0 Å². The van der Waals surface area contributed by atoms with Crippen LogP contribution < -0.4 is 100 Å². The molecule has 0 radical (unpaired) electrons. The van der Waals surface area contributed by atoms with Crippen molar-refractivity contribution in [3.05, 3.63) is 231 Å². The molecule has 26 nitrogen and oxygen atoms in total. The minimum atomic E-state index is -1.04. The van der Waals surface area contributed by atoms with Crippen molar-refractivity contribution in [2.45, 2.75) is 64.7 Å². The maximum Gasteiger partial charge on any atom is 1.00 e. The normalized spacial score (nSPS) is 16.3. The molecule has 4 aromatic carbocycles. The number of rotatable bonds is 18. The summed E-state index contributed by atoms with van der Waals surface area (Å²) in [5, 5.41) is 17.2. The number of piperazine rings is 4. The number of alkyl halides is 1. The molecule has 0 saturated carbocycles. The standard InChI is InChI=1S/C24H27FN6O.C19H22FN3O2.C17H18FN3O2.C15H16FN3.C7H11N3.C4H7ClO2.2Na.H2O/c25-20-3-1-18(2-4-20)19-13-22(16-26-15-19)30-11-9-29(10-12-30)17-24(32)28-21-5-7-31-8-6-27-23(31)14-21;1-2-25-19(24)14-22-7-9-23(10-8-22)18-11-16(12-21-13-18)15-3-5-17(20)6-4-15;18-15-3-1-13(2-4-15)14-9-16(11-19-10-14)21-7-5-20(6-8-21)12-17(22)23;16-14-3-1-12(2-4-14)13-9-15(11-18-10-13)19-7-5-17-6-8-19;8-6-1-3-10-4-2-9-7(10)5-6;1-2-7-4(6)3-5;;;/h1-4,6,8,13,15-16,21H,5,7,9-12,14,17H2,(H,28,32);3-6,11-13H,2,7-10,14H2,1H3;1-4,9-11H,5-8,12H2,(H,22,23);1-4,9-11,17H,5-8H2;2,4,6H,1,3,5,8H2;2-3H2,1H3;;;1H2/q;;;;;;2*+1;/p-2. The third-order valence-electron chi connectivity index (χ3n) is 20.4. The van der Waals surface area contributed by atoms with Crippen LogP contribution in [0.25, 0.3) is 44.5 Å². The van der Waals surface area contributed by atoms with E-state index in [1.54, 1.807) is 80.2 Å². The Labute approximate surface area is 741 Å². The van der Waals surface area contributed by atoms with E-state index in [2.05, 4.69) is 102 Å². The van der Waals surface area contributed by atoms with E-state index in [1.807, 2.05) is 67.5 Å². The number of hydrogen-bond acceptors (Lipinski definition) is 23. The maximum absolute atomic E-state index is 13.2. The van der Waals surface area contributed by atoms with E-state index in [9.17, 15) is 41.8 Å². The first-order valence-corrected chi connectivity index (χ1v) is 39.8. The smallest absolute Gasteiger partial charge is 0.870 e. The molecule has 0 spiro atoms. The van der Waals surface area contributed by atoms with Gasteiger partial charge in [-0.15, -0.1) is 11.6 Å². The number of hydrogen-bond donors (Lipinski definition) is 3. The summed E-state index contributed by atoms with van der Waals surface area (Å²) in [6, 6.07) is 34.5. The molecule has 620 valence electrons. The van der Waals surface area contributed by atoms with Gasteiger partial charge in [0, 0.05) is 221 Å². The number of carboxylic acids is 1. The van der Waals surface area contributed by atoms with E-state index in [-0.39, 0.29) is 124 Å². The molecule has 33 heteroatoms. The molecule has 16 rings (SSSR count). The van der Waals surface area contributed by atoms with Crippen LogP contribution in [0.15, 0.2) is 196 Å². The number of imidazole rings is 2. The fourth-order valence-electron chi connectivity index (χ4n) is 14.1. The third-order valence-corrected chi connectivity index (χ3v) is 20.6. The van der Waals surface area contributed by atoms with Crippen molar-refractivity contribution in [2.24, 2.45) is 5.73 Å². The molecule has 5 N–H and O–H groups in total. The van der Waals surface area contributed by atoms with E-state index in [1.165, 1.54) is 48.5 Å². The fraction of sp³-hybridized carbons (Fsp3) is 0.372. The summed E-state index contributed by atoms with van der Waals surface area (Å²) in [5.41, 5.74) is 17.6. The Bertz CT molecular complexity index is 4730. The summed E-state index contributed by atoms with van der Waals surface area (Å²) in [5.74, 6) is -0.309. The summed E-state index contributed by atoms with van der Waals surface area (Å²) >= 11 is 5.06. The Morgan fingerprint density at radius 1 is 0.454 bits per heavy atom. The molecule has 119 heavy (non-hydrogen) atoms. The van der Waals surface area contributed by atoms with Crippen molar-refractivity contribution in [3.8, 4) is 44.5 Å². The van der Waals surface area contributed by atoms with E-state index in [0.717, 1.165) is 209 Å². The Morgan fingerprint density at radius 2 is 0.790 bits per heavy atom. The second kappa shape index (κ2) is 49.5. The second-order valence-electron chi connectivity index (χ2n) is 28.5. The summed E-state index contributed by atoms with van der Waals surface area (Å²) in [6.45, 7) is 20.5. The van der Waals surface area contributed by atoms with Crippen molar-refractivity contribution in [2.75, 3.05) is 163 Å². The number of ether oxygens (including phenoxy) is 2. The minimum absolute atomic E-state index is 0. The number of carbonyl (C=O) groups is 4. The van der Waals surface area contributed by atoms with Gasteiger partial charge in [0.05, 0.1) is 79.8 Å². The van der Waals surface area contributed by atoms with Gasteiger partial charge in [-0.25, -0.2) is 27.5 Å². The molecule has 6 aliphatic rings. The van der Waals surface area contributed by atoms with E-state index >= 15 is 0 Å². The number of nitrogens with two attached hydrogens (primary N) is 1. The van der Waals surface area contributed by atoms with Crippen molar-refractivity contribution in [3.63, 3.8) is 0 Å². The number of anilines is 4. The number of amides is 1. The van der Waals surface area contributed by atoms with Crippen LogP contribution in [0.5, 0.6) is 0 Å². The molecule has 0 aliphatic carbocycles. The second-order valence-corrected chi connectivity index (χ2v) is 28.7. The van der Waals surface area contributed by atoms with Crippen LogP contribution in [0, 0.1) is 23.3 Å². The number of pyridine rings is 4. The number of nitrogens with one attached hydrogen (secondary N) is 2. The number of benzene rings is 4. The first-order chi connectivity index (χ1) is 56.4. The predicted octanol–water partition coefficient (Wildman–Crippen LogP) is 2.74. The number of carboxylic acid groups (broad SMARTS) is 1. The van der Waals surface area contributed by atoms with Gasteiger partial charge in [0.1, 0.15) is 40.8 Å². The van der Waals surface area contributed by atoms with Crippen LogP contribution in [0.4, 0.5) is 40.3 Å². The Kier molecular flexibility index (Phi) is 39.6. The molecule has 6 aliphatic heterocycles. The number of fused-ring (bicyclic) bond motifs is 2. The van der Waals surface area contributed by atoms with Crippen molar-refractivity contribution >= 4 is 58.2 Å². The molecule has 2 atom stereocenters. The van der Waals surface area contributed by atoms with Gasteiger partial charge >= 0.3 is 71.1 Å². The zero-order valence-corrected chi connectivity index (χ0v) is 72.7. The van der Waals surface area contributed by atoms with Crippen LogP contribution in [0.3, 0.4) is 0 Å². The first kappa shape index (κ1) is 95.2. The maximum atomic E-state index is 13.2. The number of nitrogens with zero attached hydrogens (tertiary/aromatic N) is 15. The van der Waals surface area contributed by atoms with Crippen LogP contribution in [-0.2, 0) is 54.6 Å². The SMILES string of the molecule is CCOC(=O)CCl.CCOC(=O)CN1CCN(c2cncc(-c3ccc(F)cc3)c2)CC1.Fc1ccc(-c2cncc(N3CCNCC3)c2)cc1.NC1CCn2ccnc2C1.O=C(CN1CCN(c2cncc(-c3ccc(F)cc3)c2)CC1)NC1CCn2ccnc2C1.O=C([O-])CN1CCN(c2cncc(-c3ccc(F)cc3)c2)CC1.[Na+].[Na+].[OH-]. The third kappa shape index (κ3) is 30.1.